The lowest BCUT2D eigenvalue weighted by atomic mass is 9.79. The zero-order valence-corrected chi connectivity index (χ0v) is 13.3. The predicted molar refractivity (Wildman–Crippen MR) is 83.5 cm³/mol. The Kier molecular flexibility index (Phi) is 3.87. The Bertz CT molecular complexity index is 503. The van der Waals surface area contributed by atoms with Gasteiger partial charge >= 0.3 is 0 Å². The van der Waals surface area contributed by atoms with Crippen LogP contribution in [0.15, 0.2) is 6.07 Å². The number of carbonyl (C=O) groups is 1. The molecular formula is C16H24N2OS. The highest BCUT2D eigenvalue weighted by Crippen LogP contribution is 2.36. The van der Waals surface area contributed by atoms with Crippen LogP contribution in [0, 0.1) is 12.3 Å². The van der Waals surface area contributed by atoms with Gasteiger partial charge in [0.15, 0.2) is 0 Å². The topological polar surface area (TPSA) is 32.3 Å². The normalized spacial score (nSPS) is 26.4. The van der Waals surface area contributed by atoms with E-state index in [1.807, 2.05) is 0 Å². The van der Waals surface area contributed by atoms with E-state index in [0.717, 1.165) is 43.9 Å². The summed E-state index contributed by atoms with van der Waals surface area (Å²) in [6, 6.07) is 2.08. The number of nitrogens with zero attached hydrogens (tertiary/aromatic N) is 1. The fourth-order valence-corrected chi connectivity index (χ4v) is 4.74. The first kappa shape index (κ1) is 14.1. The molecule has 1 spiro atoms. The van der Waals surface area contributed by atoms with Crippen molar-refractivity contribution in [1.82, 2.24) is 10.2 Å². The summed E-state index contributed by atoms with van der Waals surface area (Å²) in [5.41, 5.74) is 1.63. The van der Waals surface area contributed by atoms with E-state index in [-0.39, 0.29) is 5.91 Å². The lowest BCUT2D eigenvalue weighted by molar-refractivity contribution is 0.0558. The van der Waals surface area contributed by atoms with Gasteiger partial charge in [0, 0.05) is 29.9 Å². The molecule has 1 unspecified atom stereocenters. The molecule has 2 aliphatic rings. The van der Waals surface area contributed by atoms with E-state index in [0.29, 0.717) is 5.41 Å². The van der Waals surface area contributed by atoms with Gasteiger partial charge in [-0.25, -0.2) is 0 Å². The van der Waals surface area contributed by atoms with Crippen LogP contribution in [-0.4, -0.2) is 37.0 Å². The molecule has 2 aliphatic heterocycles. The van der Waals surface area contributed by atoms with Crippen molar-refractivity contribution in [3.05, 3.63) is 21.4 Å². The minimum absolute atomic E-state index is 0.253. The van der Waals surface area contributed by atoms with E-state index in [4.69, 9.17) is 0 Å². The molecule has 1 aromatic rings. The molecule has 1 amide bonds. The third-order valence-corrected chi connectivity index (χ3v) is 6.20. The third-order valence-electron chi connectivity index (χ3n) is 4.83. The maximum absolute atomic E-state index is 12.7. The van der Waals surface area contributed by atoms with Crippen LogP contribution in [0.1, 0.15) is 46.3 Å². The molecule has 0 radical (unpaired) electrons. The lowest BCUT2D eigenvalue weighted by Crippen LogP contribution is -2.46. The van der Waals surface area contributed by atoms with Crippen LogP contribution < -0.4 is 5.32 Å². The Hall–Kier alpha value is -0.870. The van der Waals surface area contributed by atoms with Crippen molar-refractivity contribution in [3.63, 3.8) is 0 Å². The number of likely N-dealkylation sites (tertiary alicyclic amines) is 1. The van der Waals surface area contributed by atoms with Gasteiger partial charge in [0.25, 0.3) is 5.91 Å². The minimum Gasteiger partial charge on any atom is -0.337 e. The third kappa shape index (κ3) is 2.51. The van der Waals surface area contributed by atoms with Crippen molar-refractivity contribution in [2.45, 2.75) is 39.5 Å². The average molecular weight is 292 g/mol. The van der Waals surface area contributed by atoms with Crippen LogP contribution in [0.4, 0.5) is 0 Å². The second-order valence-corrected chi connectivity index (χ2v) is 7.46. The van der Waals surface area contributed by atoms with Gasteiger partial charge in [0.1, 0.15) is 0 Å². The van der Waals surface area contributed by atoms with E-state index in [1.165, 1.54) is 23.3 Å². The van der Waals surface area contributed by atoms with Gasteiger partial charge in [-0.1, -0.05) is 6.92 Å². The van der Waals surface area contributed by atoms with Crippen LogP contribution >= 0.6 is 11.3 Å². The molecule has 0 aromatic carbocycles. The van der Waals surface area contributed by atoms with Crippen LogP contribution in [0.3, 0.4) is 0 Å². The largest absolute Gasteiger partial charge is 0.337 e. The molecule has 1 aromatic heterocycles. The zero-order valence-electron chi connectivity index (χ0n) is 12.5. The number of hydrogen-bond acceptors (Lipinski definition) is 3. The highest BCUT2D eigenvalue weighted by molar-refractivity contribution is 7.14. The summed E-state index contributed by atoms with van der Waals surface area (Å²) in [6.07, 6.45) is 4.67. The van der Waals surface area contributed by atoms with E-state index in [1.54, 1.807) is 11.3 Å². The fourth-order valence-electron chi connectivity index (χ4n) is 3.66. The number of amides is 1. The summed E-state index contributed by atoms with van der Waals surface area (Å²) >= 11 is 1.69. The van der Waals surface area contributed by atoms with Gasteiger partial charge in [0.2, 0.25) is 0 Å². The zero-order chi connectivity index (χ0) is 14.2. The van der Waals surface area contributed by atoms with E-state index >= 15 is 0 Å². The summed E-state index contributed by atoms with van der Waals surface area (Å²) in [5.74, 6) is 0.253. The molecular weight excluding hydrogens is 268 g/mol. The molecule has 0 bridgehead atoms. The molecule has 3 rings (SSSR count). The standard InChI is InChI=1S/C16H24N2OS/c1-3-13-12(2)9-14(20-13)15(19)18-8-4-5-16(11-18)6-7-17-10-16/h9,17H,3-8,10-11H2,1-2H3. The summed E-state index contributed by atoms with van der Waals surface area (Å²) < 4.78 is 0. The molecule has 0 saturated carbocycles. The van der Waals surface area contributed by atoms with E-state index in [2.05, 4.69) is 30.1 Å². The van der Waals surface area contributed by atoms with Crippen molar-refractivity contribution < 1.29 is 4.79 Å². The Morgan fingerprint density at radius 1 is 1.50 bits per heavy atom. The second-order valence-electron chi connectivity index (χ2n) is 6.33. The molecule has 3 heterocycles. The second kappa shape index (κ2) is 5.49. The number of piperidine rings is 1. The lowest BCUT2D eigenvalue weighted by Gasteiger charge is -2.39. The first-order valence-corrected chi connectivity index (χ1v) is 8.54. The first-order chi connectivity index (χ1) is 9.63. The van der Waals surface area contributed by atoms with Crippen LogP contribution in [0.25, 0.3) is 0 Å². The van der Waals surface area contributed by atoms with Crippen molar-refractivity contribution in [3.8, 4) is 0 Å². The quantitative estimate of drug-likeness (QED) is 0.909. The SMILES string of the molecule is CCc1sc(C(=O)N2CCCC3(CCNC3)C2)cc1C. The molecule has 20 heavy (non-hydrogen) atoms. The summed E-state index contributed by atoms with van der Waals surface area (Å²) in [6.45, 7) is 8.34. The molecule has 110 valence electrons. The number of aryl methyl sites for hydroxylation is 2. The molecule has 2 saturated heterocycles. The molecule has 3 nitrogen and oxygen atoms in total. The number of carbonyl (C=O) groups excluding carboxylic acids is 1. The maximum atomic E-state index is 12.7. The van der Waals surface area contributed by atoms with Crippen molar-refractivity contribution in [2.75, 3.05) is 26.2 Å². The molecule has 1 atom stereocenters. The summed E-state index contributed by atoms with van der Waals surface area (Å²) in [4.78, 5) is 17.1. The molecule has 0 aliphatic carbocycles. The Labute approximate surface area is 125 Å². The Morgan fingerprint density at radius 2 is 2.35 bits per heavy atom. The fraction of sp³-hybridized carbons (Fsp3) is 0.688. The van der Waals surface area contributed by atoms with Crippen LogP contribution in [0.5, 0.6) is 0 Å². The van der Waals surface area contributed by atoms with Crippen molar-refractivity contribution in [2.24, 2.45) is 5.41 Å². The van der Waals surface area contributed by atoms with Gasteiger partial charge in [-0.2, -0.15) is 0 Å². The number of hydrogen-bond donors (Lipinski definition) is 1. The van der Waals surface area contributed by atoms with Gasteiger partial charge in [-0.3, -0.25) is 4.79 Å². The predicted octanol–water partition coefficient (Wildman–Crippen LogP) is 2.83. The first-order valence-electron chi connectivity index (χ1n) is 7.73. The molecule has 4 heteroatoms. The van der Waals surface area contributed by atoms with E-state index in [9.17, 15) is 4.79 Å². The highest BCUT2D eigenvalue weighted by atomic mass is 32.1. The van der Waals surface area contributed by atoms with Gasteiger partial charge < -0.3 is 10.2 Å². The smallest absolute Gasteiger partial charge is 0.263 e. The molecule has 1 N–H and O–H groups in total. The monoisotopic (exact) mass is 292 g/mol. The van der Waals surface area contributed by atoms with Crippen molar-refractivity contribution in [1.29, 1.82) is 0 Å². The minimum atomic E-state index is 0.253. The summed E-state index contributed by atoms with van der Waals surface area (Å²) in [7, 11) is 0. The van der Waals surface area contributed by atoms with Crippen LogP contribution in [-0.2, 0) is 6.42 Å². The van der Waals surface area contributed by atoms with Gasteiger partial charge in [-0.15, -0.1) is 11.3 Å². The Balaban J connectivity index is 1.75. The van der Waals surface area contributed by atoms with Gasteiger partial charge in [0.05, 0.1) is 4.88 Å². The number of nitrogens with one attached hydrogen (secondary N) is 1. The molecule has 2 fully saturated rings. The number of thiophene rings is 1. The van der Waals surface area contributed by atoms with Crippen molar-refractivity contribution >= 4 is 17.2 Å². The maximum Gasteiger partial charge on any atom is 0.263 e. The van der Waals surface area contributed by atoms with E-state index < -0.39 is 0 Å². The summed E-state index contributed by atoms with van der Waals surface area (Å²) in [5, 5.41) is 3.47. The average Bonchev–Trinajstić information content (AvgIpc) is 3.05. The highest BCUT2D eigenvalue weighted by Gasteiger charge is 2.39. The van der Waals surface area contributed by atoms with Crippen LogP contribution in [0.2, 0.25) is 0 Å². The number of rotatable bonds is 2. The van der Waals surface area contributed by atoms with Gasteiger partial charge in [-0.05, 0) is 50.8 Å². The Morgan fingerprint density at radius 3 is 3.00 bits per heavy atom.